The highest BCUT2D eigenvalue weighted by Gasteiger charge is 2.05. The summed E-state index contributed by atoms with van der Waals surface area (Å²) in [5.41, 5.74) is 6.23. The molecule has 0 bridgehead atoms. The van der Waals surface area contributed by atoms with Gasteiger partial charge in [-0.3, -0.25) is 0 Å². The van der Waals surface area contributed by atoms with Crippen LogP contribution in [0.2, 0.25) is 0 Å². The van der Waals surface area contributed by atoms with Crippen molar-refractivity contribution in [3.63, 3.8) is 0 Å². The van der Waals surface area contributed by atoms with Gasteiger partial charge in [0.15, 0.2) is 0 Å². The fourth-order valence-electron chi connectivity index (χ4n) is 1.38. The van der Waals surface area contributed by atoms with Crippen molar-refractivity contribution in [3.05, 3.63) is 11.9 Å². The van der Waals surface area contributed by atoms with Crippen molar-refractivity contribution in [2.45, 2.75) is 13.3 Å². The Hall–Kier alpha value is -1.40. The highest BCUT2D eigenvalue weighted by molar-refractivity contribution is 5.47. The van der Waals surface area contributed by atoms with E-state index in [1.54, 1.807) is 7.11 Å². The van der Waals surface area contributed by atoms with Crippen molar-refractivity contribution in [2.75, 3.05) is 38.7 Å². The quantitative estimate of drug-likeness (QED) is 0.646. The van der Waals surface area contributed by atoms with Crippen LogP contribution in [0.3, 0.4) is 0 Å². The molecule has 1 rings (SSSR count). The van der Waals surface area contributed by atoms with E-state index in [1.807, 2.05) is 6.92 Å². The molecule has 6 nitrogen and oxygen atoms in total. The van der Waals surface area contributed by atoms with E-state index < -0.39 is 0 Å². The Bertz CT molecular complexity index is 333. The van der Waals surface area contributed by atoms with Gasteiger partial charge in [0.1, 0.15) is 12.1 Å². The molecule has 96 valence electrons. The summed E-state index contributed by atoms with van der Waals surface area (Å²) < 4.78 is 10.4. The summed E-state index contributed by atoms with van der Waals surface area (Å²) in [6.07, 6.45) is 2.39. The van der Waals surface area contributed by atoms with Crippen LogP contribution in [0.5, 0.6) is 5.88 Å². The molecule has 0 amide bonds. The third-order valence-electron chi connectivity index (χ3n) is 2.25. The van der Waals surface area contributed by atoms with Crippen LogP contribution < -0.4 is 15.8 Å². The van der Waals surface area contributed by atoms with Crippen LogP contribution in [0.4, 0.5) is 5.82 Å². The number of rotatable bonds is 8. The molecule has 0 atom stereocenters. The van der Waals surface area contributed by atoms with Crippen LogP contribution in [-0.2, 0) is 4.74 Å². The fraction of sp³-hybridized carbons (Fsp3) is 0.636. The van der Waals surface area contributed by atoms with Gasteiger partial charge in [0.2, 0.25) is 5.88 Å². The maximum Gasteiger partial charge on any atom is 0.221 e. The predicted molar refractivity (Wildman–Crippen MR) is 66.3 cm³/mol. The van der Waals surface area contributed by atoms with Crippen LogP contribution >= 0.6 is 0 Å². The molecule has 0 spiro atoms. The molecule has 0 aliphatic carbocycles. The van der Waals surface area contributed by atoms with E-state index in [2.05, 4.69) is 15.3 Å². The third-order valence-corrected chi connectivity index (χ3v) is 2.25. The molecule has 0 saturated carbocycles. The third kappa shape index (κ3) is 4.54. The van der Waals surface area contributed by atoms with E-state index in [-0.39, 0.29) is 0 Å². The summed E-state index contributed by atoms with van der Waals surface area (Å²) in [7, 11) is 1.60. The summed E-state index contributed by atoms with van der Waals surface area (Å²) in [6.45, 7) is 4.60. The van der Waals surface area contributed by atoms with Crippen LogP contribution in [-0.4, -0.2) is 43.4 Å². The lowest BCUT2D eigenvalue weighted by molar-refractivity contribution is 0.141. The van der Waals surface area contributed by atoms with Crippen molar-refractivity contribution in [2.24, 2.45) is 5.73 Å². The highest BCUT2D eigenvalue weighted by atomic mass is 16.5. The molecule has 0 radical (unpaired) electrons. The molecule has 0 aliphatic heterocycles. The monoisotopic (exact) mass is 240 g/mol. The number of anilines is 1. The van der Waals surface area contributed by atoms with Crippen molar-refractivity contribution >= 4 is 5.82 Å². The van der Waals surface area contributed by atoms with Gasteiger partial charge < -0.3 is 20.5 Å². The maximum atomic E-state index is 5.31. The molecule has 0 aromatic carbocycles. The summed E-state index contributed by atoms with van der Waals surface area (Å²) in [5.74, 6) is 1.40. The normalized spacial score (nSPS) is 10.3. The first-order chi connectivity index (χ1) is 8.29. The Morgan fingerprint density at radius 1 is 1.35 bits per heavy atom. The van der Waals surface area contributed by atoms with Crippen molar-refractivity contribution in [1.29, 1.82) is 0 Å². The topological polar surface area (TPSA) is 82.3 Å². The number of nitrogens with zero attached hydrogens (tertiary/aromatic N) is 2. The number of methoxy groups -OCH3 is 1. The Morgan fingerprint density at radius 2 is 2.18 bits per heavy atom. The molecule has 1 aromatic rings. The van der Waals surface area contributed by atoms with Gasteiger partial charge in [-0.2, -0.15) is 0 Å². The minimum Gasteiger partial charge on any atom is -0.481 e. The fourth-order valence-corrected chi connectivity index (χ4v) is 1.38. The predicted octanol–water partition coefficient (Wildman–Crippen LogP) is 0.571. The largest absolute Gasteiger partial charge is 0.481 e. The van der Waals surface area contributed by atoms with Crippen LogP contribution in [0.25, 0.3) is 0 Å². The zero-order chi connectivity index (χ0) is 12.5. The van der Waals surface area contributed by atoms with E-state index in [1.165, 1.54) is 6.33 Å². The Labute approximate surface area is 102 Å². The molecule has 1 aromatic heterocycles. The van der Waals surface area contributed by atoms with Gasteiger partial charge >= 0.3 is 0 Å². The molecule has 6 heteroatoms. The SMILES string of the molecule is COc1ncnc(NCCCOCCN)c1C. The Kier molecular flexibility index (Phi) is 6.27. The first kappa shape index (κ1) is 13.7. The van der Waals surface area contributed by atoms with Gasteiger partial charge in [-0.25, -0.2) is 9.97 Å². The summed E-state index contributed by atoms with van der Waals surface area (Å²) in [6, 6.07) is 0. The second kappa shape index (κ2) is 7.81. The molecule has 0 saturated heterocycles. The number of nitrogens with two attached hydrogens (primary N) is 1. The lowest BCUT2D eigenvalue weighted by atomic mass is 10.3. The van der Waals surface area contributed by atoms with Crippen molar-refractivity contribution in [3.8, 4) is 5.88 Å². The van der Waals surface area contributed by atoms with Crippen molar-refractivity contribution in [1.82, 2.24) is 9.97 Å². The highest BCUT2D eigenvalue weighted by Crippen LogP contribution is 2.19. The summed E-state index contributed by atoms with van der Waals surface area (Å²) in [5, 5.41) is 3.22. The lowest BCUT2D eigenvalue weighted by Gasteiger charge is -2.10. The summed E-state index contributed by atoms with van der Waals surface area (Å²) >= 11 is 0. The second-order valence-electron chi connectivity index (χ2n) is 3.54. The molecule has 3 N–H and O–H groups in total. The zero-order valence-electron chi connectivity index (χ0n) is 10.4. The zero-order valence-corrected chi connectivity index (χ0v) is 10.4. The molecule has 0 unspecified atom stereocenters. The number of hydrogen-bond acceptors (Lipinski definition) is 6. The van der Waals surface area contributed by atoms with Gasteiger partial charge in [-0.1, -0.05) is 0 Å². The second-order valence-corrected chi connectivity index (χ2v) is 3.54. The van der Waals surface area contributed by atoms with Gasteiger partial charge in [-0.05, 0) is 13.3 Å². The molecule has 0 aliphatic rings. The van der Waals surface area contributed by atoms with E-state index in [0.29, 0.717) is 25.6 Å². The van der Waals surface area contributed by atoms with Gasteiger partial charge in [-0.15, -0.1) is 0 Å². The van der Waals surface area contributed by atoms with Crippen LogP contribution in [0.15, 0.2) is 6.33 Å². The van der Waals surface area contributed by atoms with Gasteiger partial charge in [0.25, 0.3) is 0 Å². The first-order valence-corrected chi connectivity index (χ1v) is 5.67. The Balaban J connectivity index is 2.31. The first-order valence-electron chi connectivity index (χ1n) is 5.67. The number of nitrogens with one attached hydrogen (secondary N) is 1. The molecule has 17 heavy (non-hydrogen) atoms. The minimum atomic E-state index is 0.565. The molecular formula is C11H20N4O2. The van der Waals surface area contributed by atoms with Gasteiger partial charge in [0, 0.05) is 19.7 Å². The number of aromatic nitrogens is 2. The lowest BCUT2D eigenvalue weighted by Crippen LogP contribution is -2.12. The Morgan fingerprint density at radius 3 is 2.88 bits per heavy atom. The molecule has 1 heterocycles. The van der Waals surface area contributed by atoms with E-state index in [9.17, 15) is 0 Å². The van der Waals surface area contributed by atoms with Gasteiger partial charge in [0.05, 0.1) is 19.3 Å². The van der Waals surface area contributed by atoms with Crippen LogP contribution in [0, 0.1) is 6.92 Å². The summed E-state index contributed by atoms with van der Waals surface area (Å²) in [4.78, 5) is 8.17. The van der Waals surface area contributed by atoms with E-state index in [4.69, 9.17) is 15.2 Å². The molecule has 0 fully saturated rings. The smallest absolute Gasteiger partial charge is 0.221 e. The molecular weight excluding hydrogens is 220 g/mol. The number of hydrogen-bond donors (Lipinski definition) is 2. The minimum absolute atomic E-state index is 0.565. The standard InChI is InChI=1S/C11H20N4O2/c1-9-10(14-8-15-11(9)16-2)13-5-3-6-17-7-4-12/h8H,3-7,12H2,1-2H3,(H,13,14,15). The average Bonchev–Trinajstić information content (AvgIpc) is 2.35. The van der Waals surface area contributed by atoms with E-state index >= 15 is 0 Å². The van der Waals surface area contributed by atoms with Crippen LogP contribution in [0.1, 0.15) is 12.0 Å². The number of ether oxygens (including phenoxy) is 2. The van der Waals surface area contributed by atoms with Crippen molar-refractivity contribution < 1.29 is 9.47 Å². The maximum absolute atomic E-state index is 5.31. The average molecular weight is 240 g/mol. The van der Waals surface area contributed by atoms with E-state index in [0.717, 1.165) is 24.3 Å².